The molecule has 0 bridgehead atoms. The van der Waals surface area contributed by atoms with E-state index < -0.39 is 23.8 Å². The number of thioether (sulfide) groups is 1. The van der Waals surface area contributed by atoms with Gasteiger partial charge in [-0.3, -0.25) is 4.79 Å². The van der Waals surface area contributed by atoms with Gasteiger partial charge < -0.3 is 19.4 Å². The van der Waals surface area contributed by atoms with Crippen LogP contribution in [0.2, 0.25) is 5.02 Å². The van der Waals surface area contributed by atoms with E-state index in [9.17, 15) is 18.0 Å². The lowest BCUT2D eigenvalue weighted by atomic mass is 10.2. The molecule has 0 fully saturated rings. The van der Waals surface area contributed by atoms with Gasteiger partial charge in [-0.2, -0.15) is 13.2 Å². The zero-order valence-corrected chi connectivity index (χ0v) is 19.4. The minimum absolute atomic E-state index is 0.00630. The van der Waals surface area contributed by atoms with Gasteiger partial charge in [0.2, 0.25) is 5.91 Å². The number of hydrogen-bond acceptors (Lipinski definition) is 6. The van der Waals surface area contributed by atoms with Crippen LogP contribution in [0, 0.1) is 0 Å². The predicted molar refractivity (Wildman–Crippen MR) is 119 cm³/mol. The van der Waals surface area contributed by atoms with Crippen LogP contribution in [-0.2, 0) is 18.0 Å². The Labute approximate surface area is 197 Å². The molecule has 0 saturated heterocycles. The number of carbonyl (C=O) groups excluding carboxylic acids is 1. The van der Waals surface area contributed by atoms with Crippen molar-refractivity contribution in [2.75, 3.05) is 18.2 Å². The van der Waals surface area contributed by atoms with E-state index in [4.69, 9.17) is 21.1 Å². The lowest BCUT2D eigenvalue weighted by molar-refractivity contribution is -0.137. The van der Waals surface area contributed by atoms with E-state index in [1.165, 1.54) is 0 Å². The van der Waals surface area contributed by atoms with Gasteiger partial charge in [-0.1, -0.05) is 23.4 Å². The standard InChI is InChI=1S/C21H20ClF3N4O3S/c1-12(32-15-7-5-14(31-3)6-8-15)19-27-28-20(29(19)2)33-11-18(30)26-17-10-13(21(23,24)25)4-9-16(17)22/h4-10,12H,11H2,1-3H3,(H,26,30). The monoisotopic (exact) mass is 500 g/mol. The van der Waals surface area contributed by atoms with Crippen molar-refractivity contribution in [1.82, 2.24) is 14.8 Å². The first-order valence-corrected chi connectivity index (χ1v) is 10.9. The van der Waals surface area contributed by atoms with Crippen LogP contribution in [0.5, 0.6) is 11.5 Å². The first-order valence-electron chi connectivity index (χ1n) is 9.58. The summed E-state index contributed by atoms with van der Waals surface area (Å²) in [6, 6.07) is 9.82. The highest BCUT2D eigenvalue weighted by atomic mass is 35.5. The lowest BCUT2D eigenvalue weighted by Gasteiger charge is -2.14. The first kappa shape index (κ1) is 24.7. The second-order valence-electron chi connectivity index (χ2n) is 6.86. The maximum absolute atomic E-state index is 12.9. The molecule has 3 aromatic rings. The molecule has 3 rings (SSSR count). The van der Waals surface area contributed by atoms with Gasteiger partial charge >= 0.3 is 6.18 Å². The molecule has 176 valence electrons. The average molecular weight is 501 g/mol. The molecule has 33 heavy (non-hydrogen) atoms. The third-order valence-electron chi connectivity index (χ3n) is 4.50. The number of alkyl halides is 3. The molecule has 1 unspecified atom stereocenters. The third-order valence-corrected chi connectivity index (χ3v) is 5.85. The quantitative estimate of drug-likeness (QED) is 0.419. The molecule has 0 aliphatic carbocycles. The van der Waals surface area contributed by atoms with Crippen molar-refractivity contribution in [3.8, 4) is 11.5 Å². The van der Waals surface area contributed by atoms with Crippen molar-refractivity contribution in [2.24, 2.45) is 7.05 Å². The van der Waals surface area contributed by atoms with Gasteiger partial charge in [0, 0.05) is 7.05 Å². The second-order valence-corrected chi connectivity index (χ2v) is 8.21. The van der Waals surface area contributed by atoms with Crippen molar-refractivity contribution in [1.29, 1.82) is 0 Å². The fourth-order valence-electron chi connectivity index (χ4n) is 2.83. The van der Waals surface area contributed by atoms with Crippen molar-refractivity contribution in [3.63, 3.8) is 0 Å². The zero-order valence-electron chi connectivity index (χ0n) is 17.8. The molecule has 0 aliphatic rings. The van der Waals surface area contributed by atoms with E-state index in [1.54, 1.807) is 43.0 Å². The summed E-state index contributed by atoms with van der Waals surface area (Å²) in [4.78, 5) is 12.3. The van der Waals surface area contributed by atoms with Crippen LogP contribution >= 0.6 is 23.4 Å². The maximum atomic E-state index is 12.9. The zero-order chi connectivity index (χ0) is 24.2. The summed E-state index contributed by atoms with van der Waals surface area (Å²) in [7, 11) is 3.30. The third kappa shape index (κ3) is 6.32. The summed E-state index contributed by atoms with van der Waals surface area (Å²) >= 11 is 7.00. The minimum atomic E-state index is -4.54. The number of rotatable bonds is 8. The van der Waals surface area contributed by atoms with Crippen molar-refractivity contribution < 1.29 is 27.4 Å². The Hall–Kier alpha value is -2.92. The number of nitrogens with zero attached hydrogens (tertiary/aromatic N) is 3. The Morgan fingerprint density at radius 2 is 1.85 bits per heavy atom. The van der Waals surface area contributed by atoms with E-state index >= 15 is 0 Å². The van der Waals surface area contributed by atoms with Gasteiger partial charge in [0.05, 0.1) is 29.1 Å². The number of benzene rings is 2. The largest absolute Gasteiger partial charge is 0.497 e. The van der Waals surface area contributed by atoms with E-state index in [0.717, 1.165) is 30.0 Å². The van der Waals surface area contributed by atoms with Crippen LogP contribution in [0.4, 0.5) is 18.9 Å². The van der Waals surface area contributed by atoms with Gasteiger partial charge in [0.1, 0.15) is 11.5 Å². The Kier molecular flexibility index (Phi) is 7.75. The van der Waals surface area contributed by atoms with E-state index in [2.05, 4.69) is 15.5 Å². The molecule has 1 amide bonds. The first-order chi connectivity index (χ1) is 15.6. The number of amides is 1. The Balaban J connectivity index is 1.60. The number of ether oxygens (including phenoxy) is 2. The SMILES string of the molecule is COc1ccc(OC(C)c2nnc(SCC(=O)Nc3cc(C(F)(F)F)ccc3Cl)n2C)cc1. The lowest BCUT2D eigenvalue weighted by Crippen LogP contribution is -2.16. The van der Waals surface area contributed by atoms with Crippen LogP contribution in [0.1, 0.15) is 24.4 Å². The summed E-state index contributed by atoms with van der Waals surface area (Å²) in [6.45, 7) is 1.81. The molecule has 12 heteroatoms. The van der Waals surface area contributed by atoms with Gasteiger partial charge in [-0.15, -0.1) is 10.2 Å². The van der Waals surface area contributed by atoms with Crippen LogP contribution in [0.15, 0.2) is 47.6 Å². The van der Waals surface area contributed by atoms with Crippen LogP contribution < -0.4 is 14.8 Å². The normalized spacial score (nSPS) is 12.3. The highest BCUT2D eigenvalue weighted by molar-refractivity contribution is 7.99. The number of halogens is 4. The number of carbonyl (C=O) groups is 1. The fraction of sp³-hybridized carbons (Fsp3) is 0.286. The van der Waals surface area contributed by atoms with Gasteiger partial charge in [0.15, 0.2) is 17.1 Å². The molecule has 0 saturated carbocycles. The Morgan fingerprint density at radius 1 is 1.18 bits per heavy atom. The number of nitrogens with one attached hydrogen (secondary N) is 1. The molecule has 0 spiro atoms. The molecule has 7 nitrogen and oxygen atoms in total. The van der Waals surface area contributed by atoms with Crippen molar-refractivity contribution in [2.45, 2.75) is 24.4 Å². The van der Waals surface area contributed by atoms with Crippen molar-refractivity contribution in [3.05, 3.63) is 58.9 Å². The summed E-state index contributed by atoms with van der Waals surface area (Å²) in [5.74, 6) is 1.23. The Morgan fingerprint density at radius 3 is 2.48 bits per heavy atom. The van der Waals surface area contributed by atoms with E-state index in [1.807, 2.05) is 6.92 Å². The topological polar surface area (TPSA) is 78.3 Å². The number of aromatic nitrogens is 3. The van der Waals surface area contributed by atoms with Crippen molar-refractivity contribution >= 4 is 35.0 Å². The van der Waals surface area contributed by atoms with Crippen LogP contribution in [0.25, 0.3) is 0 Å². The van der Waals surface area contributed by atoms with E-state index in [-0.39, 0.29) is 16.5 Å². The molecular weight excluding hydrogens is 481 g/mol. The molecule has 0 radical (unpaired) electrons. The van der Waals surface area contributed by atoms with Gasteiger partial charge in [-0.25, -0.2) is 0 Å². The molecular formula is C21H20ClF3N4O3S. The summed E-state index contributed by atoms with van der Waals surface area (Å²) in [5, 5.41) is 11.0. The second kappa shape index (κ2) is 10.3. The minimum Gasteiger partial charge on any atom is -0.497 e. The summed E-state index contributed by atoms with van der Waals surface area (Å²) in [5.41, 5.74) is -1.02. The molecule has 1 aromatic heterocycles. The van der Waals surface area contributed by atoms with Gasteiger partial charge in [-0.05, 0) is 49.4 Å². The average Bonchev–Trinajstić information content (AvgIpc) is 3.14. The summed E-state index contributed by atoms with van der Waals surface area (Å²) in [6.07, 6.45) is -4.97. The number of methoxy groups -OCH3 is 1. The molecule has 0 aliphatic heterocycles. The number of anilines is 1. The molecule has 1 N–H and O–H groups in total. The number of hydrogen-bond donors (Lipinski definition) is 1. The molecule has 2 aromatic carbocycles. The highest BCUT2D eigenvalue weighted by Gasteiger charge is 2.31. The van der Waals surface area contributed by atoms with Gasteiger partial charge in [0.25, 0.3) is 0 Å². The Bertz CT molecular complexity index is 1120. The van der Waals surface area contributed by atoms with Crippen LogP contribution in [0.3, 0.4) is 0 Å². The van der Waals surface area contributed by atoms with Crippen LogP contribution in [-0.4, -0.2) is 33.5 Å². The predicted octanol–water partition coefficient (Wildman–Crippen LogP) is 5.37. The fourth-order valence-corrected chi connectivity index (χ4v) is 3.71. The summed E-state index contributed by atoms with van der Waals surface area (Å²) < 4.78 is 51.4. The maximum Gasteiger partial charge on any atom is 0.416 e. The molecule has 1 atom stereocenters. The molecule has 1 heterocycles. The highest BCUT2D eigenvalue weighted by Crippen LogP contribution is 2.34. The van der Waals surface area contributed by atoms with E-state index in [0.29, 0.717) is 22.5 Å². The smallest absolute Gasteiger partial charge is 0.416 e.